The summed E-state index contributed by atoms with van der Waals surface area (Å²) < 4.78 is 0. The van der Waals surface area contributed by atoms with Gasteiger partial charge in [-0.05, 0) is 23.3 Å². The van der Waals surface area contributed by atoms with Crippen molar-refractivity contribution in [2.75, 3.05) is 12.4 Å². The van der Waals surface area contributed by atoms with E-state index in [1.165, 1.54) is 0 Å². The summed E-state index contributed by atoms with van der Waals surface area (Å²) in [5, 5.41) is 20.7. The molecule has 0 bridgehead atoms. The summed E-state index contributed by atoms with van der Waals surface area (Å²) in [7, 11) is 1.80. The van der Waals surface area contributed by atoms with Crippen molar-refractivity contribution in [2.24, 2.45) is 0 Å². The zero-order valence-electron chi connectivity index (χ0n) is 7.04. The Balaban J connectivity index is 3.01. The van der Waals surface area contributed by atoms with E-state index in [-0.39, 0.29) is 13.2 Å². The second-order valence-corrected chi connectivity index (χ2v) is 2.60. The zero-order valence-corrected chi connectivity index (χ0v) is 7.04. The van der Waals surface area contributed by atoms with Gasteiger partial charge in [0.2, 0.25) is 0 Å². The lowest BCUT2D eigenvalue weighted by molar-refractivity contribution is 0.275. The SMILES string of the molecule is CNc1cc(CO)cc(CO)c1. The van der Waals surface area contributed by atoms with Crippen LogP contribution in [0.2, 0.25) is 0 Å². The monoisotopic (exact) mass is 167 g/mol. The number of nitrogens with one attached hydrogen (secondary N) is 1. The minimum atomic E-state index is 0.00250. The molecule has 0 spiro atoms. The minimum absolute atomic E-state index is 0.00250. The third-order valence-electron chi connectivity index (χ3n) is 1.71. The molecule has 12 heavy (non-hydrogen) atoms. The lowest BCUT2D eigenvalue weighted by atomic mass is 10.1. The molecule has 66 valence electrons. The normalized spacial score (nSPS) is 9.92. The van der Waals surface area contributed by atoms with Gasteiger partial charge < -0.3 is 15.5 Å². The Labute approximate surface area is 71.7 Å². The van der Waals surface area contributed by atoms with Gasteiger partial charge in [0.25, 0.3) is 0 Å². The van der Waals surface area contributed by atoms with Gasteiger partial charge in [0.05, 0.1) is 13.2 Å². The van der Waals surface area contributed by atoms with E-state index < -0.39 is 0 Å². The average molecular weight is 167 g/mol. The molecule has 3 heteroatoms. The number of rotatable bonds is 3. The molecule has 0 atom stereocenters. The summed E-state index contributed by atoms with van der Waals surface area (Å²) in [4.78, 5) is 0. The first-order chi connectivity index (χ1) is 5.80. The molecule has 1 aromatic rings. The molecule has 3 nitrogen and oxygen atoms in total. The lowest BCUT2D eigenvalue weighted by Gasteiger charge is -2.05. The van der Waals surface area contributed by atoms with Crippen LogP contribution in [0.4, 0.5) is 5.69 Å². The van der Waals surface area contributed by atoms with Crippen LogP contribution in [-0.2, 0) is 13.2 Å². The van der Waals surface area contributed by atoms with Crippen molar-refractivity contribution in [1.29, 1.82) is 0 Å². The average Bonchev–Trinajstić information content (AvgIpc) is 2.16. The Morgan fingerprint density at radius 3 is 1.92 bits per heavy atom. The third-order valence-corrected chi connectivity index (χ3v) is 1.71. The van der Waals surface area contributed by atoms with Gasteiger partial charge in [0.15, 0.2) is 0 Å². The lowest BCUT2D eigenvalue weighted by Crippen LogP contribution is -1.94. The zero-order chi connectivity index (χ0) is 8.97. The molecule has 1 rings (SSSR count). The first kappa shape index (κ1) is 9.03. The van der Waals surface area contributed by atoms with E-state index in [0.717, 1.165) is 16.8 Å². The first-order valence-electron chi connectivity index (χ1n) is 3.82. The number of benzene rings is 1. The summed E-state index contributed by atoms with van der Waals surface area (Å²) in [6.45, 7) is 0.00500. The molecular formula is C9H13NO2. The molecule has 0 aromatic heterocycles. The van der Waals surface area contributed by atoms with E-state index in [0.29, 0.717) is 0 Å². The van der Waals surface area contributed by atoms with Gasteiger partial charge in [-0.15, -0.1) is 0 Å². The number of aliphatic hydroxyl groups excluding tert-OH is 2. The summed E-state index contributed by atoms with van der Waals surface area (Å²) in [5.41, 5.74) is 2.53. The molecule has 0 saturated heterocycles. The van der Waals surface area contributed by atoms with Crippen LogP contribution in [0.3, 0.4) is 0 Å². The van der Waals surface area contributed by atoms with E-state index in [1.54, 1.807) is 13.1 Å². The van der Waals surface area contributed by atoms with Crippen LogP contribution in [0.15, 0.2) is 18.2 Å². The van der Waals surface area contributed by atoms with Gasteiger partial charge >= 0.3 is 0 Å². The Morgan fingerprint density at radius 2 is 1.58 bits per heavy atom. The second-order valence-electron chi connectivity index (χ2n) is 2.60. The highest BCUT2D eigenvalue weighted by Crippen LogP contribution is 2.14. The van der Waals surface area contributed by atoms with Crippen LogP contribution in [0, 0.1) is 0 Å². The Bertz CT molecular complexity index is 205. The smallest absolute Gasteiger partial charge is 0.0682 e. The molecule has 0 radical (unpaired) electrons. The van der Waals surface area contributed by atoms with Crippen molar-refractivity contribution in [1.82, 2.24) is 0 Å². The van der Waals surface area contributed by atoms with Gasteiger partial charge in [0.1, 0.15) is 0 Å². The number of aliphatic hydroxyl groups is 2. The quantitative estimate of drug-likeness (QED) is 0.621. The highest BCUT2D eigenvalue weighted by atomic mass is 16.3. The molecular weight excluding hydrogens is 154 g/mol. The van der Waals surface area contributed by atoms with Crippen molar-refractivity contribution in [3.8, 4) is 0 Å². The fraction of sp³-hybridized carbons (Fsp3) is 0.333. The largest absolute Gasteiger partial charge is 0.392 e. The first-order valence-corrected chi connectivity index (χ1v) is 3.82. The van der Waals surface area contributed by atoms with Gasteiger partial charge in [-0.25, -0.2) is 0 Å². The molecule has 0 heterocycles. The van der Waals surface area contributed by atoms with Crippen molar-refractivity contribution < 1.29 is 10.2 Å². The maximum atomic E-state index is 8.87. The summed E-state index contributed by atoms with van der Waals surface area (Å²) in [5.74, 6) is 0. The number of hydrogen-bond donors (Lipinski definition) is 3. The topological polar surface area (TPSA) is 52.5 Å². The van der Waals surface area contributed by atoms with Crippen molar-refractivity contribution >= 4 is 5.69 Å². The summed E-state index contributed by atoms with van der Waals surface area (Å²) >= 11 is 0. The van der Waals surface area contributed by atoms with Gasteiger partial charge in [-0.2, -0.15) is 0 Å². The van der Waals surface area contributed by atoms with Crippen LogP contribution in [0.1, 0.15) is 11.1 Å². The molecule has 0 saturated carbocycles. The maximum absolute atomic E-state index is 8.87. The van der Waals surface area contributed by atoms with E-state index >= 15 is 0 Å². The predicted molar refractivity (Wildman–Crippen MR) is 47.8 cm³/mol. The van der Waals surface area contributed by atoms with Crippen LogP contribution >= 0.6 is 0 Å². The maximum Gasteiger partial charge on any atom is 0.0682 e. The summed E-state index contributed by atoms with van der Waals surface area (Å²) in [6, 6.07) is 5.47. The number of anilines is 1. The van der Waals surface area contributed by atoms with Gasteiger partial charge in [-0.1, -0.05) is 6.07 Å². The Kier molecular flexibility index (Phi) is 3.08. The second kappa shape index (κ2) is 4.09. The summed E-state index contributed by atoms with van der Waals surface area (Å²) in [6.07, 6.45) is 0. The standard InChI is InChI=1S/C9H13NO2/c1-10-9-3-7(5-11)2-8(4-9)6-12/h2-4,10-12H,5-6H2,1H3. The molecule has 0 unspecified atom stereocenters. The molecule has 0 fully saturated rings. The van der Waals surface area contributed by atoms with Crippen molar-refractivity contribution in [3.63, 3.8) is 0 Å². The van der Waals surface area contributed by atoms with Crippen molar-refractivity contribution in [3.05, 3.63) is 29.3 Å². The third kappa shape index (κ3) is 1.96. The van der Waals surface area contributed by atoms with Crippen LogP contribution < -0.4 is 5.32 Å². The van der Waals surface area contributed by atoms with Crippen LogP contribution in [-0.4, -0.2) is 17.3 Å². The van der Waals surface area contributed by atoms with E-state index in [1.807, 2.05) is 12.1 Å². The molecule has 0 aliphatic heterocycles. The van der Waals surface area contributed by atoms with E-state index in [4.69, 9.17) is 10.2 Å². The van der Waals surface area contributed by atoms with Crippen LogP contribution in [0.25, 0.3) is 0 Å². The van der Waals surface area contributed by atoms with Gasteiger partial charge in [-0.3, -0.25) is 0 Å². The van der Waals surface area contributed by atoms with Crippen molar-refractivity contribution in [2.45, 2.75) is 13.2 Å². The molecule has 3 N–H and O–H groups in total. The van der Waals surface area contributed by atoms with Gasteiger partial charge in [0, 0.05) is 12.7 Å². The minimum Gasteiger partial charge on any atom is -0.392 e. The predicted octanol–water partition coefficient (Wildman–Crippen LogP) is 0.713. The Morgan fingerprint density at radius 1 is 1.08 bits per heavy atom. The Hall–Kier alpha value is -1.06. The number of hydrogen-bond acceptors (Lipinski definition) is 3. The molecule has 0 aliphatic carbocycles. The molecule has 0 amide bonds. The highest BCUT2D eigenvalue weighted by Gasteiger charge is 1.97. The van der Waals surface area contributed by atoms with E-state index in [9.17, 15) is 0 Å². The molecule has 1 aromatic carbocycles. The highest BCUT2D eigenvalue weighted by molar-refractivity contribution is 5.48. The van der Waals surface area contributed by atoms with E-state index in [2.05, 4.69) is 5.32 Å². The van der Waals surface area contributed by atoms with Crippen LogP contribution in [0.5, 0.6) is 0 Å². The molecule has 0 aliphatic rings. The fourth-order valence-electron chi connectivity index (χ4n) is 1.09. The fourth-order valence-corrected chi connectivity index (χ4v) is 1.09.